The zero-order chi connectivity index (χ0) is 12.6. The van der Waals surface area contributed by atoms with Crippen LogP contribution >= 0.6 is 0 Å². The van der Waals surface area contributed by atoms with Gasteiger partial charge < -0.3 is 10.6 Å². The Labute approximate surface area is 110 Å². The average Bonchev–Trinajstić information content (AvgIpc) is 2.46. The van der Waals surface area contributed by atoms with Crippen molar-refractivity contribution < 1.29 is 0 Å². The third-order valence-corrected chi connectivity index (χ3v) is 4.05. The first kappa shape index (κ1) is 13.5. The Morgan fingerprint density at radius 3 is 2.72 bits per heavy atom. The SMILES string of the molecule is CNC(CCCc1ccncc1)C1CCNCC1. The standard InChI is InChI=1S/C15H25N3/c1-16-15(14-7-11-18-12-8-14)4-2-3-13-5-9-17-10-6-13/h5-6,9-10,14-16,18H,2-4,7-8,11-12H2,1H3. The highest BCUT2D eigenvalue weighted by molar-refractivity contribution is 5.09. The van der Waals surface area contributed by atoms with Crippen LogP contribution in [0.15, 0.2) is 24.5 Å². The van der Waals surface area contributed by atoms with Gasteiger partial charge in [0.05, 0.1) is 0 Å². The molecule has 1 fully saturated rings. The van der Waals surface area contributed by atoms with Gasteiger partial charge in [-0.05, 0) is 75.9 Å². The first-order chi connectivity index (χ1) is 8.90. The van der Waals surface area contributed by atoms with Crippen molar-refractivity contribution in [1.29, 1.82) is 0 Å². The zero-order valence-corrected chi connectivity index (χ0v) is 11.4. The van der Waals surface area contributed by atoms with Crippen LogP contribution in [0.2, 0.25) is 0 Å². The molecule has 0 amide bonds. The topological polar surface area (TPSA) is 37.0 Å². The second kappa shape index (κ2) is 7.49. The number of aryl methyl sites for hydroxylation is 1. The van der Waals surface area contributed by atoms with Crippen LogP contribution in [0.25, 0.3) is 0 Å². The van der Waals surface area contributed by atoms with Crippen LogP contribution in [0.5, 0.6) is 0 Å². The van der Waals surface area contributed by atoms with E-state index >= 15 is 0 Å². The molecule has 2 heterocycles. The fraction of sp³-hybridized carbons (Fsp3) is 0.667. The molecule has 1 unspecified atom stereocenters. The van der Waals surface area contributed by atoms with Gasteiger partial charge in [0.2, 0.25) is 0 Å². The first-order valence-electron chi connectivity index (χ1n) is 7.17. The van der Waals surface area contributed by atoms with Crippen LogP contribution in [0.3, 0.4) is 0 Å². The number of nitrogens with zero attached hydrogens (tertiary/aromatic N) is 1. The second-order valence-electron chi connectivity index (χ2n) is 5.23. The van der Waals surface area contributed by atoms with E-state index in [0.29, 0.717) is 6.04 Å². The van der Waals surface area contributed by atoms with Crippen molar-refractivity contribution in [1.82, 2.24) is 15.6 Å². The van der Waals surface area contributed by atoms with E-state index in [-0.39, 0.29) is 0 Å². The van der Waals surface area contributed by atoms with Crippen molar-refractivity contribution >= 4 is 0 Å². The Kier molecular flexibility index (Phi) is 5.62. The smallest absolute Gasteiger partial charge is 0.0270 e. The van der Waals surface area contributed by atoms with Crippen LogP contribution < -0.4 is 10.6 Å². The molecule has 3 heteroatoms. The third-order valence-electron chi connectivity index (χ3n) is 4.05. The van der Waals surface area contributed by atoms with Crippen LogP contribution in [-0.2, 0) is 6.42 Å². The lowest BCUT2D eigenvalue weighted by atomic mass is 9.87. The molecule has 1 aliphatic rings. The normalized spacial score (nSPS) is 18.7. The van der Waals surface area contributed by atoms with Crippen molar-refractivity contribution in [3.63, 3.8) is 0 Å². The minimum Gasteiger partial charge on any atom is -0.317 e. The Balaban J connectivity index is 1.73. The molecule has 1 aromatic rings. The molecule has 1 saturated heterocycles. The van der Waals surface area contributed by atoms with E-state index < -0.39 is 0 Å². The number of rotatable bonds is 6. The summed E-state index contributed by atoms with van der Waals surface area (Å²) in [6.45, 7) is 2.38. The van der Waals surface area contributed by atoms with Crippen molar-refractivity contribution in [2.75, 3.05) is 20.1 Å². The number of hydrogen-bond acceptors (Lipinski definition) is 3. The number of piperidine rings is 1. The van der Waals surface area contributed by atoms with Crippen molar-refractivity contribution in [3.05, 3.63) is 30.1 Å². The van der Waals surface area contributed by atoms with Gasteiger partial charge in [-0.25, -0.2) is 0 Å². The van der Waals surface area contributed by atoms with Gasteiger partial charge in [0, 0.05) is 18.4 Å². The van der Waals surface area contributed by atoms with Gasteiger partial charge >= 0.3 is 0 Å². The molecular weight excluding hydrogens is 222 g/mol. The Morgan fingerprint density at radius 2 is 2.06 bits per heavy atom. The summed E-state index contributed by atoms with van der Waals surface area (Å²) in [4.78, 5) is 4.06. The highest BCUT2D eigenvalue weighted by Gasteiger charge is 2.21. The maximum Gasteiger partial charge on any atom is 0.0270 e. The first-order valence-corrected chi connectivity index (χ1v) is 7.17. The van der Waals surface area contributed by atoms with Gasteiger partial charge in [-0.2, -0.15) is 0 Å². The molecule has 1 aliphatic heterocycles. The minimum atomic E-state index is 0.689. The molecule has 2 rings (SSSR count). The Hall–Kier alpha value is -0.930. The lowest BCUT2D eigenvalue weighted by Gasteiger charge is -2.30. The predicted octanol–water partition coefficient (Wildman–Crippen LogP) is 1.99. The lowest BCUT2D eigenvalue weighted by molar-refractivity contribution is 0.275. The van der Waals surface area contributed by atoms with E-state index in [1.54, 1.807) is 0 Å². The molecule has 100 valence electrons. The summed E-state index contributed by atoms with van der Waals surface area (Å²) in [5.41, 5.74) is 1.41. The van der Waals surface area contributed by atoms with Crippen LogP contribution in [0, 0.1) is 5.92 Å². The molecule has 0 aliphatic carbocycles. The number of pyridine rings is 1. The summed E-state index contributed by atoms with van der Waals surface area (Å²) in [7, 11) is 2.11. The van der Waals surface area contributed by atoms with Crippen molar-refractivity contribution in [3.8, 4) is 0 Å². The molecule has 0 saturated carbocycles. The fourth-order valence-corrected chi connectivity index (χ4v) is 2.94. The number of aromatic nitrogens is 1. The molecule has 1 atom stereocenters. The second-order valence-corrected chi connectivity index (χ2v) is 5.23. The molecule has 1 aromatic heterocycles. The average molecular weight is 247 g/mol. The van der Waals surface area contributed by atoms with Crippen LogP contribution in [-0.4, -0.2) is 31.2 Å². The summed E-state index contributed by atoms with van der Waals surface area (Å²) >= 11 is 0. The molecule has 0 bridgehead atoms. The highest BCUT2D eigenvalue weighted by Crippen LogP contribution is 2.20. The summed E-state index contributed by atoms with van der Waals surface area (Å²) in [6, 6.07) is 4.94. The quantitative estimate of drug-likeness (QED) is 0.807. The molecule has 18 heavy (non-hydrogen) atoms. The summed E-state index contributed by atoms with van der Waals surface area (Å²) in [5.74, 6) is 0.855. The molecule has 0 spiro atoms. The summed E-state index contributed by atoms with van der Waals surface area (Å²) in [5, 5.41) is 6.96. The number of hydrogen-bond donors (Lipinski definition) is 2. The van der Waals surface area contributed by atoms with Gasteiger partial charge in [-0.15, -0.1) is 0 Å². The fourth-order valence-electron chi connectivity index (χ4n) is 2.94. The lowest BCUT2D eigenvalue weighted by Crippen LogP contribution is -2.40. The maximum absolute atomic E-state index is 4.06. The zero-order valence-electron chi connectivity index (χ0n) is 11.4. The molecule has 2 N–H and O–H groups in total. The highest BCUT2D eigenvalue weighted by atomic mass is 14.9. The minimum absolute atomic E-state index is 0.689. The monoisotopic (exact) mass is 247 g/mol. The van der Waals surface area contributed by atoms with Crippen molar-refractivity contribution in [2.24, 2.45) is 5.92 Å². The molecular formula is C15H25N3. The van der Waals surface area contributed by atoms with E-state index in [4.69, 9.17) is 0 Å². The predicted molar refractivity (Wildman–Crippen MR) is 75.6 cm³/mol. The Bertz CT molecular complexity index is 320. The van der Waals surface area contributed by atoms with Gasteiger partial charge in [0.15, 0.2) is 0 Å². The van der Waals surface area contributed by atoms with Gasteiger partial charge in [0.1, 0.15) is 0 Å². The van der Waals surface area contributed by atoms with Gasteiger partial charge in [-0.3, -0.25) is 4.98 Å². The van der Waals surface area contributed by atoms with E-state index in [1.807, 2.05) is 12.4 Å². The Morgan fingerprint density at radius 1 is 1.33 bits per heavy atom. The molecule has 3 nitrogen and oxygen atoms in total. The largest absolute Gasteiger partial charge is 0.317 e. The van der Waals surface area contributed by atoms with E-state index in [2.05, 4.69) is 34.8 Å². The summed E-state index contributed by atoms with van der Waals surface area (Å²) in [6.07, 6.45) is 10.1. The summed E-state index contributed by atoms with van der Waals surface area (Å²) < 4.78 is 0. The van der Waals surface area contributed by atoms with E-state index in [9.17, 15) is 0 Å². The molecule has 0 radical (unpaired) electrons. The number of nitrogens with one attached hydrogen (secondary N) is 2. The van der Waals surface area contributed by atoms with Crippen molar-refractivity contribution in [2.45, 2.75) is 38.1 Å². The van der Waals surface area contributed by atoms with Crippen LogP contribution in [0.4, 0.5) is 0 Å². The third kappa shape index (κ3) is 4.07. The van der Waals surface area contributed by atoms with Crippen LogP contribution in [0.1, 0.15) is 31.2 Å². The van der Waals surface area contributed by atoms with Gasteiger partial charge in [0.25, 0.3) is 0 Å². The van der Waals surface area contributed by atoms with E-state index in [0.717, 1.165) is 5.92 Å². The van der Waals surface area contributed by atoms with E-state index in [1.165, 1.54) is 50.8 Å². The molecule has 0 aromatic carbocycles. The van der Waals surface area contributed by atoms with Gasteiger partial charge in [-0.1, -0.05) is 0 Å². The maximum atomic E-state index is 4.06.